The Morgan fingerprint density at radius 3 is 2.34 bits per heavy atom. The molecule has 4 aromatic carbocycles. The van der Waals surface area contributed by atoms with E-state index in [4.69, 9.17) is 14.8 Å². The SMILES string of the molecule is N#Cc1ccccc1CO/N=C\c1cc(I)c(OCc2ccc3ccccc3c2)c(I)c1. The van der Waals surface area contributed by atoms with Gasteiger partial charge in [-0.15, -0.1) is 0 Å². The Morgan fingerprint density at radius 1 is 0.844 bits per heavy atom. The summed E-state index contributed by atoms with van der Waals surface area (Å²) in [5.74, 6) is 0.861. The van der Waals surface area contributed by atoms with Crippen LogP contribution < -0.4 is 4.74 Å². The van der Waals surface area contributed by atoms with E-state index in [1.54, 1.807) is 12.3 Å². The monoisotopic (exact) mass is 644 g/mol. The van der Waals surface area contributed by atoms with Crippen molar-refractivity contribution in [2.45, 2.75) is 13.2 Å². The average Bonchev–Trinajstić information content (AvgIpc) is 2.81. The number of nitrogens with zero attached hydrogens (tertiary/aromatic N) is 2. The topological polar surface area (TPSA) is 54.6 Å². The lowest BCUT2D eigenvalue weighted by atomic mass is 10.1. The lowest BCUT2D eigenvalue weighted by Gasteiger charge is -2.12. The quantitative estimate of drug-likeness (QED) is 0.123. The van der Waals surface area contributed by atoms with E-state index >= 15 is 0 Å². The highest BCUT2D eigenvalue weighted by molar-refractivity contribution is 14.1. The number of oxime groups is 1. The molecule has 0 atom stereocenters. The molecule has 0 saturated carbocycles. The van der Waals surface area contributed by atoms with Crippen molar-refractivity contribution in [1.29, 1.82) is 5.26 Å². The Morgan fingerprint density at radius 2 is 1.56 bits per heavy atom. The van der Waals surface area contributed by atoms with E-state index in [9.17, 15) is 0 Å². The smallest absolute Gasteiger partial charge is 0.146 e. The highest BCUT2D eigenvalue weighted by Gasteiger charge is 2.09. The van der Waals surface area contributed by atoms with Crippen molar-refractivity contribution < 1.29 is 9.57 Å². The van der Waals surface area contributed by atoms with Gasteiger partial charge in [-0.25, -0.2) is 0 Å². The molecule has 0 aliphatic rings. The predicted octanol–water partition coefficient (Wildman–Crippen LogP) is 7.05. The van der Waals surface area contributed by atoms with Crippen LogP contribution in [0.2, 0.25) is 0 Å². The number of rotatable bonds is 7. The van der Waals surface area contributed by atoms with Crippen molar-refractivity contribution in [2.24, 2.45) is 5.16 Å². The second-order valence-corrected chi connectivity index (χ2v) is 9.39. The van der Waals surface area contributed by atoms with Crippen LogP contribution in [0.3, 0.4) is 0 Å². The van der Waals surface area contributed by atoms with Crippen LogP contribution in [0.25, 0.3) is 10.8 Å². The van der Waals surface area contributed by atoms with Gasteiger partial charge < -0.3 is 9.57 Å². The lowest BCUT2D eigenvalue weighted by Crippen LogP contribution is -2.00. The molecule has 0 radical (unpaired) electrons. The third-order valence-electron chi connectivity index (χ3n) is 4.85. The van der Waals surface area contributed by atoms with Crippen molar-refractivity contribution in [1.82, 2.24) is 0 Å². The summed E-state index contributed by atoms with van der Waals surface area (Å²) in [6, 6.07) is 28.2. The van der Waals surface area contributed by atoms with Gasteiger partial charge in [0.25, 0.3) is 0 Å². The summed E-state index contributed by atoms with van der Waals surface area (Å²) in [6.45, 7) is 0.757. The van der Waals surface area contributed by atoms with Gasteiger partial charge in [-0.05, 0) is 91.3 Å². The van der Waals surface area contributed by atoms with Crippen molar-refractivity contribution in [3.63, 3.8) is 0 Å². The normalized spacial score (nSPS) is 10.9. The summed E-state index contributed by atoms with van der Waals surface area (Å²) in [7, 11) is 0. The van der Waals surface area contributed by atoms with E-state index < -0.39 is 0 Å². The van der Waals surface area contributed by atoms with Gasteiger partial charge >= 0.3 is 0 Å². The van der Waals surface area contributed by atoms with Gasteiger partial charge in [0.05, 0.1) is 25.0 Å². The van der Waals surface area contributed by atoms with Crippen LogP contribution in [-0.4, -0.2) is 6.21 Å². The summed E-state index contributed by atoms with van der Waals surface area (Å²) < 4.78 is 8.16. The zero-order chi connectivity index (χ0) is 22.3. The van der Waals surface area contributed by atoms with Crippen molar-refractivity contribution in [3.8, 4) is 11.8 Å². The highest BCUT2D eigenvalue weighted by Crippen LogP contribution is 2.29. The van der Waals surface area contributed by atoms with Crippen LogP contribution in [0.4, 0.5) is 0 Å². The standard InChI is InChI=1S/C26H18I2N2O2/c27-24-12-19(15-30-32-17-23-8-4-3-7-22(23)14-29)13-25(28)26(24)31-16-18-9-10-20-5-1-2-6-21(20)11-18/h1-13,15H,16-17H2/b30-15-. The van der Waals surface area contributed by atoms with Gasteiger partial charge in [-0.3, -0.25) is 0 Å². The number of nitriles is 1. The van der Waals surface area contributed by atoms with Gasteiger partial charge in [0, 0.05) is 5.56 Å². The number of fused-ring (bicyclic) bond motifs is 1. The predicted molar refractivity (Wildman–Crippen MR) is 144 cm³/mol. The van der Waals surface area contributed by atoms with Crippen LogP contribution >= 0.6 is 45.2 Å². The fourth-order valence-corrected chi connectivity index (χ4v) is 5.36. The molecule has 158 valence electrons. The summed E-state index contributed by atoms with van der Waals surface area (Å²) in [5, 5.41) is 15.6. The molecule has 0 aromatic heterocycles. The summed E-state index contributed by atoms with van der Waals surface area (Å²) in [6.07, 6.45) is 1.67. The maximum absolute atomic E-state index is 9.15. The molecule has 0 spiro atoms. The fourth-order valence-electron chi connectivity index (χ4n) is 3.24. The van der Waals surface area contributed by atoms with Crippen LogP contribution in [0.5, 0.6) is 5.75 Å². The van der Waals surface area contributed by atoms with Gasteiger partial charge in [0.15, 0.2) is 0 Å². The number of hydrogen-bond donors (Lipinski definition) is 0. The zero-order valence-corrected chi connectivity index (χ0v) is 21.3. The third kappa shape index (κ3) is 5.58. The van der Waals surface area contributed by atoms with Crippen LogP contribution in [0.1, 0.15) is 22.3 Å². The van der Waals surface area contributed by atoms with Crippen molar-refractivity contribution in [2.75, 3.05) is 0 Å². The van der Waals surface area contributed by atoms with E-state index in [2.05, 4.69) is 86.7 Å². The summed E-state index contributed by atoms with van der Waals surface area (Å²) in [5.41, 5.74) is 3.46. The Kier molecular flexibility index (Phi) is 7.60. The molecule has 4 aromatic rings. The first-order valence-corrected chi connectivity index (χ1v) is 12.0. The molecule has 0 N–H and O–H groups in total. The molecule has 6 heteroatoms. The fraction of sp³-hybridized carbons (Fsp3) is 0.0769. The Bertz CT molecular complexity index is 1310. The lowest BCUT2D eigenvalue weighted by molar-refractivity contribution is 0.132. The van der Waals surface area contributed by atoms with E-state index in [1.807, 2.05) is 42.5 Å². The average molecular weight is 644 g/mol. The van der Waals surface area contributed by atoms with E-state index in [-0.39, 0.29) is 6.61 Å². The largest absolute Gasteiger partial charge is 0.487 e. The van der Waals surface area contributed by atoms with Gasteiger partial charge in [-0.2, -0.15) is 5.26 Å². The Labute approximate surface area is 214 Å². The zero-order valence-electron chi connectivity index (χ0n) is 17.0. The molecule has 0 saturated heterocycles. The van der Waals surface area contributed by atoms with Gasteiger partial charge in [0.2, 0.25) is 0 Å². The molecule has 0 heterocycles. The maximum Gasteiger partial charge on any atom is 0.146 e. The first-order valence-electron chi connectivity index (χ1n) is 9.87. The third-order valence-corrected chi connectivity index (χ3v) is 6.45. The Hall–Kier alpha value is -2.64. The summed E-state index contributed by atoms with van der Waals surface area (Å²) in [4.78, 5) is 5.40. The number of halogens is 2. The molecule has 4 rings (SSSR count). The molecule has 0 fully saturated rings. The van der Waals surface area contributed by atoms with Gasteiger partial charge in [0.1, 0.15) is 19.0 Å². The highest BCUT2D eigenvalue weighted by atomic mass is 127. The molecule has 32 heavy (non-hydrogen) atoms. The second-order valence-electron chi connectivity index (χ2n) is 7.06. The number of benzene rings is 4. The number of hydrogen-bond acceptors (Lipinski definition) is 4. The molecule has 4 nitrogen and oxygen atoms in total. The maximum atomic E-state index is 9.15. The first-order chi connectivity index (χ1) is 15.6. The van der Waals surface area contributed by atoms with E-state index in [1.165, 1.54) is 10.8 Å². The second kappa shape index (κ2) is 10.8. The molecule has 0 aliphatic heterocycles. The van der Waals surface area contributed by atoms with Crippen LogP contribution in [-0.2, 0) is 18.1 Å². The molecule has 0 aliphatic carbocycles. The minimum atomic E-state index is 0.251. The Balaban J connectivity index is 1.40. The van der Waals surface area contributed by atoms with Crippen LogP contribution in [0.15, 0.2) is 84.0 Å². The van der Waals surface area contributed by atoms with Crippen molar-refractivity contribution >= 4 is 62.2 Å². The van der Waals surface area contributed by atoms with Crippen LogP contribution in [0, 0.1) is 18.5 Å². The minimum Gasteiger partial charge on any atom is -0.487 e. The number of ether oxygens (including phenoxy) is 1. The molecular weight excluding hydrogens is 626 g/mol. The molecule has 0 bridgehead atoms. The molecular formula is C26H18I2N2O2. The van der Waals surface area contributed by atoms with Gasteiger partial charge in [-0.1, -0.05) is 59.8 Å². The summed E-state index contributed by atoms with van der Waals surface area (Å²) >= 11 is 4.56. The first kappa shape index (κ1) is 22.6. The molecule has 0 amide bonds. The van der Waals surface area contributed by atoms with E-state index in [0.717, 1.165) is 29.6 Å². The van der Waals surface area contributed by atoms with E-state index in [0.29, 0.717) is 12.2 Å². The van der Waals surface area contributed by atoms with Crippen molar-refractivity contribution in [3.05, 3.63) is 108 Å². The minimum absolute atomic E-state index is 0.251. The molecule has 0 unspecified atom stereocenters.